The van der Waals surface area contributed by atoms with Crippen LogP contribution in [0.2, 0.25) is 0 Å². The molecule has 0 atom stereocenters. The van der Waals surface area contributed by atoms with Crippen molar-refractivity contribution in [2.75, 3.05) is 42.9 Å². The molecular weight excluding hydrogens is 314 g/mol. The second kappa shape index (κ2) is 7.61. The number of piperazine rings is 1. The van der Waals surface area contributed by atoms with E-state index < -0.39 is 0 Å². The van der Waals surface area contributed by atoms with Gasteiger partial charge in [0, 0.05) is 31.9 Å². The molecular formula is C19H25N5O. The molecule has 0 saturated carbocycles. The fraction of sp³-hybridized carbons (Fsp3) is 0.421. The molecule has 2 heterocycles. The van der Waals surface area contributed by atoms with Crippen LogP contribution in [0.3, 0.4) is 0 Å². The molecule has 1 aliphatic heterocycles. The summed E-state index contributed by atoms with van der Waals surface area (Å²) in [4.78, 5) is 17.0. The highest BCUT2D eigenvalue weighted by Gasteiger charge is 2.18. The fourth-order valence-corrected chi connectivity index (χ4v) is 3.05. The number of carbonyl (C=O) groups is 1. The van der Waals surface area contributed by atoms with Gasteiger partial charge in [-0.1, -0.05) is 24.6 Å². The van der Waals surface area contributed by atoms with E-state index in [-0.39, 0.29) is 5.91 Å². The van der Waals surface area contributed by atoms with Crippen LogP contribution in [0.4, 0.5) is 11.5 Å². The van der Waals surface area contributed by atoms with Gasteiger partial charge in [-0.05, 0) is 44.2 Å². The van der Waals surface area contributed by atoms with Gasteiger partial charge in [-0.15, -0.1) is 10.2 Å². The number of aryl methyl sites for hydroxylation is 2. The van der Waals surface area contributed by atoms with E-state index in [1.54, 1.807) is 6.07 Å². The van der Waals surface area contributed by atoms with Crippen molar-refractivity contribution in [3.63, 3.8) is 0 Å². The van der Waals surface area contributed by atoms with Crippen LogP contribution in [0.5, 0.6) is 0 Å². The molecule has 1 aliphatic rings. The van der Waals surface area contributed by atoms with Crippen LogP contribution in [-0.4, -0.2) is 53.7 Å². The zero-order chi connectivity index (χ0) is 17.8. The zero-order valence-electron chi connectivity index (χ0n) is 15.1. The number of aromatic nitrogens is 2. The number of likely N-dealkylation sites (N-methyl/N-ethyl adjacent to an activating group) is 1. The molecule has 132 valence electrons. The number of benzene rings is 1. The minimum atomic E-state index is -0.234. The van der Waals surface area contributed by atoms with Crippen molar-refractivity contribution in [3.8, 4) is 0 Å². The van der Waals surface area contributed by atoms with Gasteiger partial charge in [-0.2, -0.15) is 0 Å². The molecule has 1 amide bonds. The Hall–Kier alpha value is -2.47. The Kier molecular flexibility index (Phi) is 5.28. The highest BCUT2D eigenvalue weighted by atomic mass is 16.1. The average Bonchev–Trinajstić information content (AvgIpc) is 2.64. The largest absolute Gasteiger partial charge is 0.353 e. The molecule has 1 aromatic heterocycles. The standard InChI is InChI=1S/C19H25N5O/c1-4-23-9-11-24(12-10-23)18-8-7-17(21-22-18)19(25)20-16-6-5-14(2)13-15(16)3/h5-8,13H,4,9-12H2,1-3H3,(H,20,25). The summed E-state index contributed by atoms with van der Waals surface area (Å²) in [5.41, 5.74) is 3.34. The van der Waals surface area contributed by atoms with E-state index in [1.165, 1.54) is 5.56 Å². The minimum absolute atomic E-state index is 0.234. The molecule has 0 aliphatic carbocycles. The first-order valence-electron chi connectivity index (χ1n) is 8.76. The van der Waals surface area contributed by atoms with Gasteiger partial charge < -0.3 is 15.1 Å². The maximum atomic E-state index is 12.4. The molecule has 0 bridgehead atoms. The van der Waals surface area contributed by atoms with Crippen LogP contribution in [0.1, 0.15) is 28.5 Å². The van der Waals surface area contributed by atoms with Gasteiger partial charge in [-0.25, -0.2) is 0 Å². The molecule has 1 N–H and O–H groups in total. The zero-order valence-corrected chi connectivity index (χ0v) is 15.1. The third-order valence-electron chi connectivity index (χ3n) is 4.66. The smallest absolute Gasteiger partial charge is 0.276 e. The van der Waals surface area contributed by atoms with Crippen LogP contribution in [0, 0.1) is 13.8 Å². The van der Waals surface area contributed by atoms with E-state index in [9.17, 15) is 4.79 Å². The molecule has 25 heavy (non-hydrogen) atoms. The quantitative estimate of drug-likeness (QED) is 0.927. The molecule has 6 nitrogen and oxygen atoms in total. The van der Waals surface area contributed by atoms with Gasteiger partial charge in [0.2, 0.25) is 0 Å². The molecule has 0 radical (unpaired) electrons. The van der Waals surface area contributed by atoms with Crippen molar-refractivity contribution in [2.45, 2.75) is 20.8 Å². The lowest BCUT2D eigenvalue weighted by molar-refractivity contribution is 0.102. The number of anilines is 2. The third kappa shape index (κ3) is 4.14. The predicted molar refractivity (Wildman–Crippen MR) is 100 cm³/mol. The molecule has 0 spiro atoms. The maximum absolute atomic E-state index is 12.4. The normalized spacial score (nSPS) is 15.2. The van der Waals surface area contributed by atoms with Gasteiger partial charge in [0.25, 0.3) is 5.91 Å². The van der Waals surface area contributed by atoms with Crippen LogP contribution in [0.15, 0.2) is 30.3 Å². The summed E-state index contributed by atoms with van der Waals surface area (Å²) < 4.78 is 0. The van der Waals surface area contributed by atoms with Gasteiger partial charge >= 0.3 is 0 Å². The summed E-state index contributed by atoms with van der Waals surface area (Å²) in [6.07, 6.45) is 0. The molecule has 1 saturated heterocycles. The first-order chi connectivity index (χ1) is 12.1. The van der Waals surface area contributed by atoms with Crippen LogP contribution < -0.4 is 10.2 Å². The second-order valence-corrected chi connectivity index (χ2v) is 6.47. The van der Waals surface area contributed by atoms with E-state index in [1.807, 2.05) is 38.1 Å². The van der Waals surface area contributed by atoms with E-state index in [0.29, 0.717) is 5.69 Å². The summed E-state index contributed by atoms with van der Waals surface area (Å²) in [7, 11) is 0. The lowest BCUT2D eigenvalue weighted by Gasteiger charge is -2.34. The number of carbonyl (C=O) groups excluding carboxylic acids is 1. The minimum Gasteiger partial charge on any atom is -0.353 e. The Morgan fingerprint density at radius 1 is 1.08 bits per heavy atom. The molecule has 2 aromatic rings. The monoisotopic (exact) mass is 339 g/mol. The highest BCUT2D eigenvalue weighted by Crippen LogP contribution is 2.17. The topological polar surface area (TPSA) is 61.4 Å². The number of rotatable bonds is 4. The van der Waals surface area contributed by atoms with Crippen molar-refractivity contribution < 1.29 is 4.79 Å². The summed E-state index contributed by atoms with van der Waals surface area (Å²) >= 11 is 0. The summed E-state index contributed by atoms with van der Waals surface area (Å²) in [6.45, 7) is 11.2. The van der Waals surface area contributed by atoms with E-state index >= 15 is 0 Å². The van der Waals surface area contributed by atoms with Gasteiger partial charge in [0.1, 0.15) is 0 Å². The van der Waals surface area contributed by atoms with E-state index in [0.717, 1.165) is 49.8 Å². The maximum Gasteiger partial charge on any atom is 0.276 e. The second-order valence-electron chi connectivity index (χ2n) is 6.47. The van der Waals surface area contributed by atoms with Gasteiger partial charge in [0.15, 0.2) is 11.5 Å². The Labute approximate surface area is 148 Å². The number of nitrogens with one attached hydrogen (secondary N) is 1. The van der Waals surface area contributed by atoms with Gasteiger partial charge in [-0.3, -0.25) is 4.79 Å². The van der Waals surface area contributed by atoms with Crippen molar-refractivity contribution in [1.29, 1.82) is 0 Å². The van der Waals surface area contributed by atoms with Gasteiger partial charge in [0.05, 0.1) is 0 Å². The number of nitrogens with zero attached hydrogens (tertiary/aromatic N) is 4. The van der Waals surface area contributed by atoms with Crippen molar-refractivity contribution in [3.05, 3.63) is 47.2 Å². The Morgan fingerprint density at radius 2 is 1.84 bits per heavy atom. The number of hydrogen-bond donors (Lipinski definition) is 1. The third-order valence-corrected chi connectivity index (χ3v) is 4.66. The van der Waals surface area contributed by atoms with Crippen LogP contribution >= 0.6 is 0 Å². The Bertz CT molecular complexity index is 736. The van der Waals surface area contributed by atoms with E-state index in [2.05, 4.69) is 32.2 Å². The molecule has 6 heteroatoms. The van der Waals surface area contributed by atoms with Crippen LogP contribution in [-0.2, 0) is 0 Å². The molecule has 1 fully saturated rings. The van der Waals surface area contributed by atoms with E-state index in [4.69, 9.17) is 0 Å². The van der Waals surface area contributed by atoms with Crippen LogP contribution in [0.25, 0.3) is 0 Å². The Morgan fingerprint density at radius 3 is 2.44 bits per heavy atom. The van der Waals surface area contributed by atoms with Crippen molar-refractivity contribution in [1.82, 2.24) is 15.1 Å². The lowest BCUT2D eigenvalue weighted by atomic mass is 10.1. The molecule has 1 aromatic carbocycles. The molecule has 0 unspecified atom stereocenters. The summed E-state index contributed by atoms with van der Waals surface area (Å²) in [6, 6.07) is 9.56. The first-order valence-corrected chi connectivity index (χ1v) is 8.76. The highest BCUT2D eigenvalue weighted by molar-refractivity contribution is 6.03. The molecule has 3 rings (SSSR count). The summed E-state index contributed by atoms with van der Waals surface area (Å²) in [5, 5.41) is 11.3. The predicted octanol–water partition coefficient (Wildman–Crippen LogP) is 2.49. The van der Waals surface area contributed by atoms with Crippen molar-refractivity contribution >= 4 is 17.4 Å². The number of amides is 1. The number of hydrogen-bond acceptors (Lipinski definition) is 5. The average molecular weight is 339 g/mol. The summed E-state index contributed by atoms with van der Waals surface area (Å²) in [5.74, 6) is 0.598. The SMILES string of the molecule is CCN1CCN(c2ccc(C(=O)Nc3ccc(C)cc3C)nn2)CC1. The lowest BCUT2D eigenvalue weighted by Crippen LogP contribution is -2.46. The fourth-order valence-electron chi connectivity index (χ4n) is 3.05. The van der Waals surface area contributed by atoms with Crippen molar-refractivity contribution in [2.24, 2.45) is 0 Å². The first kappa shape index (κ1) is 17.4. The Balaban J connectivity index is 1.64.